The summed E-state index contributed by atoms with van der Waals surface area (Å²) in [4.78, 5) is 25.2. The highest BCUT2D eigenvalue weighted by atomic mass is 16.7. The van der Waals surface area contributed by atoms with Crippen molar-refractivity contribution in [2.24, 2.45) is 0 Å². The predicted octanol–water partition coefficient (Wildman–Crippen LogP) is 7.61. The third-order valence-corrected chi connectivity index (χ3v) is 9.40. The summed E-state index contributed by atoms with van der Waals surface area (Å²) in [7, 11) is 0. The molecule has 0 aromatic carbocycles. The van der Waals surface area contributed by atoms with Crippen LogP contribution in [-0.2, 0) is 28.5 Å². The highest BCUT2D eigenvalue weighted by Crippen LogP contribution is 2.22. The molecule has 50 heavy (non-hydrogen) atoms. The Morgan fingerprint density at radius 3 is 1.62 bits per heavy atom. The number of rotatable bonds is 33. The molecule has 1 rings (SSSR count). The van der Waals surface area contributed by atoms with Gasteiger partial charge in [-0.2, -0.15) is 0 Å². The van der Waals surface area contributed by atoms with Crippen LogP contribution in [0, 0.1) is 0 Å². The third kappa shape index (κ3) is 23.8. The molecular weight excluding hydrogens is 640 g/mol. The van der Waals surface area contributed by atoms with Gasteiger partial charge in [0.2, 0.25) is 0 Å². The van der Waals surface area contributed by atoms with Gasteiger partial charge in [-0.25, -0.2) is 0 Å². The van der Waals surface area contributed by atoms with Crippen molar-refractivity contribution in [2.45, 2.75) is 211 Å². The highest BCUT2D eigenvalue weighted by molar-refractivity contribution is 5.70. The molecule has 1 fully saturated rings. The average Bonchev–Trinajstić information content (AvgIpc) is 3.11. The lowest BCUT2D eigenvalue weighted by Crippen LogP contribution is -2.59. The third-order valence-electron chi connectivity index (χ3n) is 9.40. The molecule has 0 aliphatic carbocycles. The lowest BCUT2D eigenvalue weighted by atomic mass is 9.99. The highest BCUT2D eigenvalue weighted by Gasteiger charge is 2.44. The second kappa shape index (κ2) is 32.1. The number of aliphatic hydroxyl groups is 4. The first-order chi connectivity index (χ1) is 24.3. The van der Waals surface area contributed by atoms with E-state index in [1.165, 1.54) is 103 Å². The van der Waals surface area contributed by atoms with E-state index in [-0.39, 0.29) is 32.0 Å². The van der Waals surface area contributed by atoms with Gasteiger partial charge >= 0.3 is 11.9 Å². The number of esters is 2. The van der Waals surface area contributed by atoms with Crippen molar-refractivity contribution in [3.05, 3.63) is 12.2 Å². The van der Waals surface area contributed by atoms with Crippen molar-refractivity contribution < 1.29 is 49.0 Å². The van der Waals surface area contributed by atoms with Crippen molar-refractivity contribution >= 4 is 11.9 Å². The first kappa shape index (κ1) is 46.5. The van der Waals surface area contributed by atoms with Crippen LogP contribution in [0.4, 0.5) is 0 Å². The number of carbonyl (C=O) groups excluding carboxylic acids is 2. The Hall–Kier alpha value is -1.56. The Balaban J connectivity index is 2.36. The number of aliphatic hydroxyl groups excluding tert-OH is 4. The molecule has 1 saturated heterocycles. The van der Waals surface area contributed by atoms with Crippen LogP contribution >= 0.6 is 0 Å². The van der Waals surface area contributed by atoms with E-state index < -0.39 is 49.4 Å². The van der Waals surface area contributed by atoms with Gasteiger partial charge in [-0.05, 0) is 32.1 Å². The van der Waals surface area contributed by atoms with Gasteiger partial charge in [0, 0.05) is 12.8 Å². The van der Waals surface area contributed by atoms with Crippen LogP contribution < -0.4 is 0 Å². The zero-order valence-corrected chi connectivity index (χ0v) is 31.7. The van der Waals surface area contributed by atoms with Crippen LogP contribution in [0.2, 0.25) is 0 Å². The van der Waals surface area contributed by atoms with Gasteiger partial charge in [-0.3, -0.25) is 9.59 Å². The van der Waals surface area contributed by atoms with Crippen molar-refractivity contribution in [1.29, 1.82) is 0 Å². The smallest absolute Gasteiger partial charge is 0.306 e. The van der Waals surface area contributed by atoms with Gasteiger partial charge in [0.05, 0.1) is 13.2 Å². The zero-order chi connectivity index (χ0) is 36.7. The fraction of sp³-hybridized carbons (Fsp3) is 0.900. The molecule has 6 atom stereocenters. The topological polar surface area (TPSA) is 152 Å². The van der Waals surface area contributed by atoms with E-state index in [2.05, 4.69) is 26.0 Å². The molecular formula is C40H74O10. The Morgan fingerprint density at radius 1 is 0.600 bits per heavy atom. The van der Waals surface area contributed by atoms with Crippen LogP contribution in [-0.4, -0.2) is 89.0 Å². The molecule has 0 amide bonds. The summed E-state index contributed by atoms with van der Waals surface area (Å²) in [6.07, 6.45) is 23.6. The van der Waals surface area contributed by atoms with E-state index in [1.807, 2.05) is 0 Å². The summed E-state index contributed by atoms with van der Waals surface area (Å²) in [5.74, 6) is -0.806. The summed E-state index contributed by atoms with van der Waals surface area (Å²) in [6.45, 7) is 3.37. The van der Waals surface area contributed by atoms with E-state index in [1.54, 1.807) is 0 Å². The predicted molar refractivity (Wildman–Crippen MR) is 196 cm³/mol. The van der Waals surface area contributed by atoms with Gasteiger partial charge in [-0.1, -0.05) is 142 Å². The molecule has 0 saturated carbocycles. The van der Waals surface area contributed by atoms with Gasteiger partial charge in [0.1, 0.15) is 31.0 Å². The van der Waals surface area contributed by atoms with Crippen LogP contribution in [0.5, 0.6) is 0 Å². The number of hydrogen-bond donors (Lipinski definition) is 4. The molecule has 1 heterocycles. The Labute approximate surface area is 303 Å². The average molecular weight is 715 g/mol. The second-order valence-electron chi connectivity index (χ2n) is 14.1. The van der Waals surface area contributed by atoms with E-state index in [0.717, 1.165) is 38.5 Å². The zero-order valence-electron chi connectivity index (χ0n) is 31.7. The molecule has 10 heteroatoms. The number of carbonyl (C=O) groups is 2. The van der Waals surface area contributed by atoms with Crippen molar-refractivity contribution in [3.63, 3.8) is 0 Å². The first-order valence-electron chi connectivity index (χ1n) is 20.3. The van der Waals surface area contributed by atoms with E-state index in [4.69, 9.17) is 18.9 Å². The normalized spacial score (nSPS) is 21.4. The van der Waals surface area contributed by atoms with Crippen molar-refractivity contribution in [2.75, 3.05) is 19.8 Å². The summed E-state index contributed by atoms with van der Waals surface area (Å²) in [6, 6.07) is 0. The molecule has 0 spiro atoms. The Bertz CT molecular complexity index is 835. The van der Waals surface area contributed by atoms with E-state index in [9.17, 15) is 30.0 Å². The maximum atomic E-state index is 12.7. The van der Waals surface area contributed by atoms with Gasteiger partial charge in [-0.15, -0.1) is 0 Å². The number of allylic oxidation sites excluding steroid dienone is 2. The molecule has 0 aromatic rings. The maximum Gasteiger partial charge on any atom is 0.306 e. The minimum Gasteiger partial charge on any atom is -0.462 e. The molecule has 0 radical (unpaired) electrons. The van der Waals surface area contributed by atoms with E-state index >= 15 is 0 Å². The summed E-state index contributed by atoms with van der Waals surface area (Å²) in [5, 5.41) is 39.9. The largest absolute Gasteiger partial charge is 0.462 e. The monoisotopic (exact) mass is 715 g/mol. The van der Waals surface area contributed by atoms with Crippen molar-refractivity contribution in [1.82, 2.24) is 0 Å². The summed E-state index contributed by atoms with van der Waals surface area (Å²) < 4.78 is 22.1. The van der Waals surface area contributed by atoms with Crippen LogP contribution in [0.25, 0.3) is 0 Å². The van der Waals surface area contributed by atoms with Crippen molar-refractivity contribution in [3.8, 4) is 0 Å². The number of ether oxygens (including phenoxy) is 4. The fourth-order valence-electron chi connectivity index (χ4n) is 6.11. The Morgan fingerprint density at radius 2 is 1.08 bits per heavy atom. The molecule has 2 unspecified atom stereocenters. The minimum absolute atomic E-state index is 0.213. The molecule has 4 N–H and O–H groups in total. The molecule has 1 aliphatic rings. The SMILES string of the molecule is CCCC/C=C/CCCCCCCCCCCC(=O)O[C@H](COC(=O)CCCCCCCCCCCC)CO[C@@H]1O[C@H](CO)[C@H](O)C(O)C1O. The Kier molecular flexibility index (Phi) is 29.8. The standard InChI is InChI=1S/C40H74O10/c1-3-5-7-9-11-13-15-16-17-18-19-21-23-25-27-29-36(43)49-33(32-48-40-39(46)38(45)37(44)34(30-41)50-40)31-47-35(42)28-26-24-22-20-14-12-10-8-6-4-2/h9,11,33-34,37-41,44-46H,3-8,10,12-32H2,1-2H3/b11-9+/t33-,34-,37+,38?,39?,40-/m1/s1. The van der Waals surface area contributed by atoms with Crippen LogP contribution in [0.1, 0.15) is 174 Å². The van der Waals surface area contributed by atoms with Gasteiger partial charge in [0.15, 0.2) is 12.4 Å². The molecule has 10 nitrogen and oxygen atoms in total. The maximum absolute atomic E-state index is 12.7. The van der Waals surface area contributed by atoms with Crippen LogP contribution in [0.3, 0.4) is 0 Å². The summed E-state index contributed by atoms with van der Waals surface area (Å²) >= 11 is 0. The quantitative estimate of drug-likeness (QED) is 0.0304. The summed E-state index contributed by atoms with van der Waals surface area (Å²) in [5.41, 5.74) is 0. The lowest BCUT2D eigenvalue weighted by molar-refractivity contribution is -0.305. The fourth-order valence-corrected chi connectivity index (χ4v) is 6.11. The van der Waals surface area contributed by atoms with Gasteiger partial charge in [0.25, 0.3) is 0 Å². The first-order valence-corrected chi connectivity index (χ1v) is 20.3. The van der Waals surface area contributed by atoms with Crippen LogP contribution in [0.15, 0.2) is 12.2 Å². The second-order valence-corrected chi connectivity index (χ2v) is 14.1. The minimum atomic E-state index is -1.59. The molecule has 0 bridgehead atoms. The lowest BCUT2D eigenvalue weighted by Gasteiger charge is -2.39. The number of hydrogen-bond acceptors (Lipinski definition) is 10. The molecule has 294 valence electrons. The van der Waals surface area contributed by atoms with Gasteiger partial charge < -0.3 is 39.4 Å². The molecule has 1 aliphatic heterocycles. The number of unbranched alkanes of at least 4 members (excludes halogenated alkanes) is 20. The van der Waals surface area contributed by atoms with E-state index in [0.29, 0.717) is 6.42 Å². The molecule has 0 aromatic heterocycles.